The van der Waals surface area contributed by atoms with E-state index in [0.29, 0.717) is 19.5 Å². The highest BCUT2D eigenvalue weighted by Crippen LogP contribution is 2.09. The van der Waals surface area contributed by atoms with Crippen molar-refractivity contribution < 1.29 is 4.79 Å². The van der Waals surface area contributed by atoms with Crippen molar-refractivity contribution in [2.75, 3.05) is 6.54 Å². The fourth-order valence-electron chi connectivity index (χ4n) is 1.79. The van der Waals surface area contributed by atoms with Gasteiger partial charge in [0.05, 0.1) is 6.04 Å². The number of benzene rings is 1. The van der Waals surface area contributed by atoms with E-state index in [4.69, 9.17) is 5.73 Å². The van der Waals surface area contributed by atoms with Crippen molar-refractivity contribution >= 4 is 5.91 Å². The van der Waals surface area contributed by atoms with E-state index in [0.717, 1.165) is 5.56 Å². The van der Waals surface area contributed by atoms with Gasteiger partial charge in [-0.1, -0.05) is 36.8 Å². The van der Waals surface area contributed by atoms with Gasteiger partial charge in [0, 0.05) is 13.1 Å². The molecule has 1 rings (SSSR count). The number of hydrogen-bond donors (Lipinski definition) is 1. The van der Waals surface area contributed by atoms with Gasteiger partial charge in [0.2, 0.25) is 5.91 Å². The van der Waals surface area contributed by atoms with Crippen molar-refractivity contribution in [2.45, 2.75) is 39.8 Å². The van der Waals surface area contributed by atoms with E-state index in [1.807, 2.05) is 30.9 Å². The Kier molecular flexibility index (Phi) is 5.16. The highest BCUT2D eigenvalue weighted by atomic mass is 16.2. The van der Waals surface area contributed by atoms with Gasteiger partial charge in [-0.25, -0.2) is 0 Å². The van der Waals surface area contributed by atoms with Crippen LogP contribution in [0.4, 0.5) is 0 Å². The minimum Gasteiger partial charge on any atom is -0.337 e. The molecular formula is C14H22N2O. The van der Waals surface area contributed by atoms with Crippen LogP contribution in [-0.4, -0.2) is 23.4 Å². The summed E-state index contributed by atoms with van der Waals surface area (Å²) in [7, 11) is 0. The van der Waals surface area contributed by atoms with Gasteiger partial charge in [0.25, 0.3) is 0 Å². The van der Waals surface area contributed by atoms with Crippen LogP contribution in [0.3, 0.4) is 0 Å². The highest BCUT2D eigenvalue weighted by molar-refractivity contribution is 5.81. The fraction of sp³-hybridized carbons (Fsp3) is 0.500. The van der Waals surface area contributed by atoms with Crippen LogP contribution < -0.4 is 5.73 Å². The molecule has 17 heavy (non-hydrogen) atoms. The largest absolute Gasteiger partial charge is 0.337 e. The van der Waals surface area contributed by atoms with Crippen LogP contribution in [0.25, 0.3) is 0 Å². The van der Waals surface area contributed by atoms with Crippen LogP contribution in [0.15, 0.2) is 24.3 Å². The third-order valence-corrected chi connectivity index (χ3v) is 2.91. The first-order valence-electron chi connectivity index (χ1n) is 6.18. The summed E-state index contributed by atoms with van der Waals surface area (Å²) >= 11 is 0. The minimum absolute atomic E-state index is 0.0384. The Balaban J connectivity index is 2.73. The number of nitrogens with two attached hydrogens (primary N) is 1. The van der Waals surface area contributed by atoms with E-state index in [1.54, 1.807) is 0 Å². The first-order chi connectivity index (χ1) is 8.08. The Morgan fingerprint density at radius 1 is 1.41 bits per heavy atom. The molecule has 0 saturated carbocycles. The molecule has 0 fully saturated rings. The molecule has 0 radical (unpaired) electrons. The van der Waals surface area contributed by atoms with Crippen molar-refractivity contribution in [3.05, 3.63) is 35.4 Å². The van der Waals surface area contributed by atoms with Gasteiger partial charge < -0.3 is 10.6 Å². The maximum Gasteiger partial charge on any atom is 0.239 e. The highest BCUT2D eigenvalue weighted by Gasteiger charge is 2.18. The third kappa shape index (κ3) is 3.86. The van der Waals surface area contributed by atoms with Crippen molar-refractivity contribution in [2.24, 2.45) is 5.73 Å². The lowest BCUT2D eigenvalue weighted by atomic mass is 10.1. The molecule has 0 aliphatic heterocycles. The van der Waals surface area contributed by atoms with E-state index >= 15 is 0 Å². The Bertz CT molecular complexity index is 376. The molecule has 1 atom stereocenters. The number of carbonyl (C=O) groups is 1. The Hall–Kier alpha value is -1.35. The molecule has 0 bridgehead atoms. The zero-order valence-electron chi connectivity index (χ0n) is 10.9. The number of aryl methyl sites for hydroxylation is 1. The number of likely N-dealkylation sites (N-methyl/N-ethyl adjacent to an activating group) is 1. The summed E-state index contributed by atoms with van der Waals surface area (Å²) in [5.74, 6) is 0.0384. The van der Waals surface area contributed by atoms with Crippen LogP contribution in [0, 0.1) is 6.92 Å². The quantitative estimate of drug-likeness (QED) is 0.848. The van der Waals surface area contributed by atoms with Crippen LogP contribution in [0.1, 0.15) is 31.4 Å². The molecule has 2 N–H and O–H groups in total. The second-order valence-corrected chi connectivity index (χ2v) is 4.36. The topological polar surface area (TPSA) is 46.3 Å². The second kappa shape index (κ2) is 6.40. The van der Waals surface area contributed by atoms with Crippen LogP contribution in [-0.2, 0) is 11.3 Å². The van der Waals surface area contributed by atoms with E-state index in [-0.39, 0.29) is 11.9 Å². The van der Waals surface area contributed by atoms with Gasteiger partial charge in [-0.15, -0.1) is 0 Å². The van der Waals surface area contributed by atoms with Gasteiger partial charge in [-0.05, 0) is 25.8 Å². The van der Waals surface area contributed by atoms with Crippen LogP contribution in [0.5, 0.6) is 0 Å². The molecule has 1 aromatic rings. The third-order valence-electron chi connectivity index (χ3n) is 2.91. The smallest absolute Gasteiger partial charge is 0.239 e. The van der Waals surface area contributed by atoms with Gasteiger partial charge >= 0.3 is 0 Å². The first kappa shape index (κ1) is 13.7. The zero-order chi connectivity index (χ0) is 12.8. The van der Waals surface area contributed by atoms with Gasteiger partial charge in [-0.2, -0.15) is 0 Å². The summed E-state index contributed by atoms with van der Waals surface area (Å²) in [6, 6.07) is 7.84. The molecule has 0 aromatic heterocycles. The monoisotopic (exact) mass is 234 g/mol. The molecule has 1 amide bonds. The SMILES string of the molecule is CC[C@@H](N)C(=O)N(CC)Cc1cccc(C)c1. The summed E-state index contributed by atoms with van der Waals surface area (Å²) < 4.78 is 0. The zero-order valence-corrected chi connectivity index (χ0v) is 10.9. The molecule has 0 unspecified atom stereocenters. The normalized spacial score (nSPS) is 12.2. The predicted octanol–water partition coefficient (Wildman–Crippen LogP) is 2.08. The first-order valence-corrected chi connectivity index (χ1v) is 6.18. The summed E-state index contributed by atoms with van der Waals surface area (Å²) in [5, 5.41) is 0. The fourth-order valence-corrected chi connectivity index (χ4v) is 1.79. The maximum atomic E-state index is 12.0. The Morgan fingerprint density at radius 2 is 2.12 bits per heavy atom. The lowest BCUT2D eigenvalue weighted by molar-refractivity contribution is -0.133. The van der Waals surface area contributed by atoms with Crippen molar-refractivity contribution in [3.63, 3.8) is 0 Å². The molecule has 0 heterocycles. The Labute approximate surface area is 104 Å². The lowest BCUT2D eigenvalue weighted by Gasteiger charge is -2.24. The van der Waals surface area contributed by atoms with E-state index in [1.165, 1.54) is 5.56 Å². The average molecular weight is 234 g/mol. The van der Waals surface area contributed by atoms with Crippen LogP contribution >= 0.6 is 0 Å². The van der Waals surface area contributed by atoms with E-state index in [2.05, 4.69) is 19.1 Å². The molecule has 0 aliphatic carbocycles. The number of carbonyl (C=O) groups excluding carboxylic acids is 1. The standard InChI is InChI=1S/C14H22N2O/c1-4-13(15)14(17)16(5-2)10-12-8-6-7-11(3)9-12/h6-9,13H,4-5,10,15H2,1-3H3/t13-/m1/s1. The lowest BCUT2D eigenvalue weighted by Crippen LogP contribution is -2.42. The molecule has 0 aliphatic rings. The molecule has 94 valence electrons. The molecule has 3 heteroatoms. The molecule has 0 spiro atoms. The maximum absolute atomic E-state index is 12.0. The summed E-state index contributed by atoms with van der Waals surface area (Å²) in [4.78, 5) is 13.8. The van der Waals surface area contributed by atoms with E-state index in [9.17, 15) is 4.79 Å². The van der Waals surface area contributed by atoms with Crippen molar-refractivity contribution in [1.29, 1.82) is 0 Å². The minimum atomic E-state index is -0.375. The van der Waals surface area contributed by atoms with Gasteiger partial charge in [0.1, 0.15) is 0 Å². The second-order valence-electron chi connectivity index (χ2n) is 4.36. The van der Waals surface area contributed by atoms with Crippen molar-refractivity contribution in [1.82, 2.24) is 4.90 Å². The number of nitrogens with zero attached hydrogens (tertiary/aromatic N) is 1. The summed E-state index contributed by atoms with van der Waals surface area (Å²) in [6.07, 6.45) is 0.684. The molecule has 0 saturated heterocycles. The van der Waals surface area contributed by atoms with Crippen LogP contribution in [0.2, 0.25) is 0 Å². The summed E-state index contributed by atoms with van der Waals surface area (Å²) in [5.41, 5.74) is 8.16. The molecular weight excluding hydrogens is 212 g/mol. The number of amides is 1. The Morgan fingerprint density at radius 3 is 2.65 bits per heavy atom. The van der Waals surface area contributed by atoms with Crippen molar-refractivity contribution in [3.8, 4) is 0 Å². The average Bonchev–Trinajstić information content (AvgIpc) is 2.34. The number of hydrogen-bond acceptors (Lipinski definition) is 2. The summed E-state index contributed by atoms with van der Waals surface area (Å²) in [6.45, 7) is 7.31. The number of rotatable bonds is 5. The molecule has 1 aromatic carbocycles. The van der Waals surface area contributed by atoms with E-state index < -0.39 is 0 Å². The van der Waals surface area contributed by atoms with Gasteiger partial charge in [-0.3, -0.25) is 4.79 Å². The predicted molar refractivity (Wildman–Crippen MR) is 70.5 cm³/mol. The molecule has 3 nitrogen and oxygen atoms in total. The van der Waals surface area contributed by atoms with Gasteiger partial charge in [0.15, 0.2) is 0 Å².